The second-order valence-corrected chi connectivity index (χ2v) is 5.70. The topological polar surface area (TPSA) is 86.8 Å². The van der Waals surface area contributed by atoms with Crippen molar-refractivity contribution in [2.24, 2.45) is 0 Å². The molecule has 0 bridgehead atoms. The Morgan fingerprint density at radius 1 is 1.12 bits per heavy atom. The first-order chi connectivity index (χ1) is 11.4. The molecule has 1 aromatic rings. The Bertz CT molecular complexity index is 644. The van der Waals surface area contributed by atoms with Gasteiger partial charge in [0.1, 0.15) is 6.04 Å². The molecule has 24 heavy (non-hydrogen) atoms. The average Bonchev–Trinajstić information content (AvgIpc) is 2.81. The zero-order chi connectivity index (χ0) is 17.7. The highest BCUT2D eigenvalue weighted by Gasteiger charge is 2.39. The van der Waals surface area contributed by atoms with Crippen molar-refractivity contribution in [3.05, 3.63) is 30.3 Å². The van der Waals surface area contributed by atoms with Crippen LogP contribution in [0.25, 0.3) is 0 Å². The molecule has 0 aromatic heterocycles. The number of unbranched alkanes of at least 4 members (excludes halogenated alkanes) is 1. The Hall–Kier alpha value is -2.70. The molecular weight excluding hydrogens is 310 g/mol. The van der Waals surface area contributed by atoms with Gasteiger partial charge in [-0.25, -0.2) is 4.79 Å². The molecule has 1 atom stereocenters. The maximum atomic E-state index is 12.0. The minimum absolute atomic E-state index is 0.0470. The predicted octanol–water partition coefficient (Wildman–Crippen LogP) is 1.68. The molecule has 0 saturated carbocycles. The molecule has 0 radical (unpaired) electrons. The van der Waals surface area contributed by atoms with Crippen LogP contribution in [0.15, 0.2) is 30.3 Å². The maximum absolute atomic E-state index is 12.0. The Morgan fingerprint density at radius 2 is 1.79 bits per heavy atom. The number of rotatable bonds is 6. The summed E-state index contributed by atoms with van der Waals surface area (Å²) in [6, 6.07) is 8.04. The van der Waals surface area contributed by atoms with Crippen LogP contribution in [0.2, 0.25) is 0 Å². The fourth-order valence-electron chi connectivity index (χ4n) is 2.72. The van der Waals surface area contributed by atoms with Crippen molar-refractivity contribution < 1.29 is 19.2 Å². The fourth-order valence-corrected chi connectivity index (χ4v) is 2.72. The quantitative estimate of drug-likeness (QED) is 0.634. The number of nitrogens with zero attached hydrogens (tertiary/aromatic N) is 2. The zero-order valence-electron chi connectivity index (χ0n) is 13.8. The molecule has 7 nitrogen and oxygen atoms in total. The van der Waals surface area contributed by atoms with Crippen molar-refractivity contribution in [3.8, 4) is 0 Å². The molecule has 1 aliphatic heterocycles. The lowest BCUT2D eigenvalue weighted by Gasteiger charge is -2.21. The summed E-state index contributed by atoms with van der Waals surface area (Å²) in [5.74, 6) is -1.12. The molecule has 0 aliphatic carbocycles. The molecular formula is C17H21N3O4. The van der Waals surface area contributed by atoms with E-state index in [1.807, 2.05) is 30.3 Å². The SMILES string of the molecule is CC(=O)N1C(=O)NC(CCCCN(C(C)=O)c2ccccc2)C1=O. The van der Waals surface area contributed by atoms with Crippen LogP contribution in [0.4, 0.5) is 10.5 Å². The van der Waals surface area contributed by atoms with E-state index in [4.69, 9.17) is 0 Å². The number of hydrogen-bond acceptors (Lipinski definition) is 4. The summed E-state index contributed by atoms with van der Waals surface area (Å²) in [5.41, 5.74) is 0.831. The van der Waals surface area contributed by atoms with Crippen molar-refractivity contribution in [1.29, 1.82) is 0 Å². The Labute approximate surface area is 140 Å². The summed E-state index contributed by atoms with van der Waals surface area (Å²) >= 11 is 0. The number of carbonyl (C=O) groups excluding carboxylic acids is 4. The molecule has 1 aliphatic rings. The maximum Gasteiger partial charge on any atom is 0.331 e. The first-order valence-corrected chi connectivity index (χ1v) is 7.90. The standard InChI is InChI=1S/C17H21N3O4/c1-12(21)19(14-8-4-3-5-9-14)11-7-6-10-15-16(23)20(13(2)22)17(24)18-15/h3-5,8-9,15H,6-7,10-11H2,1-2H3,(H,18,24). The average molecular weight is 331 g/mol. The number of nitrogens with one attached hydrogen (secondary N) is 1. The number of urea groups is 1. The number of amides is 5. The molecule has 1 saturated heterocycles. The van der Waals surface area contributed by atoms with E-state index in [9.17, 15) is 19.2 Å². The molecule has 2 rings (SSSR count). The van der Waals surface area contributed by atoms with Crippen molar-refractivity contribution in [2.45, 2.75) is 39.2 Å². The Balaban J connectivity index is 1.84. The van der Waals surface area contributed by atoms with Gasteiger partial charge in [-0.2, -0.15) is 4.90 Å². The van der Waals surface area contributed by atoms with Gasteiger partial charge in [-0.1, -0.05) is 18.2 Å². The van der Waals surface area contributed by atoms with E-state index in [2.05, 4.69) is 5.32 Å². The van der Waals surface area contributed by atoms with Crippen LogP contribution >= 0.6 is 0 Å². The first-order valence-electron chi connectivity index (χ1n) is 7.90. The van der Waals surface area contributed by atoms with Crippen molar-refractivity contribution in [1.82, 2.24) is 10.2 Å². The van der Waals surface area contributed by atoms with E-state index >= 15 is 0 Å². The number of anilines is 1. The van der Waals surface area contributed by atoms with Crippen LogP contribution in [0, 0.1) is 0 Å². The van der Waals surface area contributed by atoms with Gasteiger partial charge in [0.2, 0.25) is 11.8 Å². The van der Waals surface area contributed by atoms with Crippen LogP contribution in [0.3, 0.4) is 0 Å². The summed E-state index contributed by atoms with van der Waals surface area (Å²) in [6.45, 7) is 3.23. The second kappa shape index (κ2) is 7.72. The van der Waals surface area contributed by atoms with Gasteiger partial charge in [0.25, 0.3) is 5.91 Å². The largest absolute Gasteiger partial charge is 0.331 e. The summed E-state index contributed by atoms with van der Waals surface area (Å²) in [4.78, 5) is 48.9. The van der Waals surface area contributed by atoms with Crippen LogP contribution in [0.1, 0.15) is 33.1 Å². The highest BCUT2D eigenvalue weighted by molar-refractivity contribution is 6.15. The predicted molar refractivity (Wildman–Crippen MR) is 88.2 cm³/mol. The molecule has 7 heteroatoms. The Morgan fingerprint density at radius 3 is 2.33 bits per heavy atom. The third kappa shape index (κ3) is 3.98. The van der Waals surface area contributed by atoms with Gasteiger partial charge in [0.15, 0.2) is 0 Å². The summed E-state index contributed by atoms with van der Waals surface area (Å²) < 4.78 is 0. The smallest absolute Gasteiger partial charge is 0.325 e. The summed E-state index contributed by atoms with van der Waals surface area (Å²) in [7, 11) is 0. The summed E-state index contributed by atoms with van der Waals surface area (Å²) in [5, 5.41) is 2.51. The first kappa shape index (κ1) is 17.7. The molecule has 1 unspecified atom stereocenters. The van der Waals surface area contributed by atoms with Crippen LogP contribution in [-0.2, 0) is 14.4 Å². The van der Waals surface area contributed by atoms with Crippen molar-refractivity contribution >= 4 is 29.4 Å². The number of imide groups is 3. The molecule has 1 N–H and O–H groups in total. The van der Waals surface area contributed by atoms with Crippen LogP contribution < -0.4 is 10.2 Å². The van der Waals surface area contributed by atoms with E-state index in [1.54, 1.807) is 4.90 Å². The highest BCUT2D eigenvalue weighted by Crippen LogP contribution is 2.16. The minimum atomic E-state index is -0.663. The van der Waals surface area contributed by atoms with Crippen LogP contribution in [0.5, 0.6) is 0 Å². The van der Waals surface area contributed by atoms with Gasteiger partial charge in [-0.3, -0.25) is 14.4 Å². The fraction of sp³-hybridized carbons (Fsp3) is 0.412. The van der Waals surface area contributed by atoms with E-state index < -0.39 is 23.9 Å². The molecule has 1 heterocycles. The molecule has 1 fully saturated rings. The molecule has 0 spiro atoms. The minimum Gasteiger partial charge on any atom is -0.325 e. The number of para-hydroxylation sites is 1. The van der Waals surface area contributed by atoms with Crippen molar-refractivity contribution in [2.75, 3.05) is 11.4 Å². The number of hydrogen-bond donors (Lipinski definition) is 1. The lowest BCUT2D eigenvalue weighted by molar-refractivity contribution is -0.138. The van der Waals surface area contributed by atoms with Gasteiger partial charge in [0, 0.05) is 26.1 Å². The second-order valence-electron chi connectivity index (χ2n) is 5.70. The van der Waals surface area contributed by atoms with Gasteiger partial charge in [-0.05, 0) is 31.4 Å². The molecule has 128 valence electrons. The van der Waals surface area contributed by atoms with Gasteiger partial charge < -0.3 is 10.2 Å². The third-order valence-corrected chi connectivity index (χ3v) is 3.91. The lowest BCUT2D eigenvalue weighted by Crippen LogP contribution is -2.35. The normalized spacial score (nSPS) is 16.9. The zero-order valence-corrected chi connectivity index (χ0v) is 13.8. The van der Waals surface area contributed by atoms with Gasteiger partial charge >= 0.3 is 6.03 Å². The molecule has 1 aromatic carbocycles. The van der Waals surface area contributed by atoms with E-state index in [0.29, 0.717) is 30.7 Å². The number of carbonyl (C=O) groups is 4. The van der Waals surface area contributed by atoms with Crippen LogP contribution in [-0.4, -0.2) is 41.2 Å². The Kier molecular flexibility index (Phi) is 5.68. The third-order valence-electron chi connectivity index (χ3n) is 3.91. The van der Waals surface area contributed by atoms with E-state index in [0.717, 1.165) is 5.69 Å². The summed E-state index contributed by atoms with van der Waals surface area (Å²) in [6.07, 6.45) is 1.78. The monoisotopic (exact) mass is 331 g/mol. The van der Waals surface area contributed by atoms with E-state index in [-0.39, 0.29) is 5.91 Å². The van der Waals surface area contributed by atoms with E-state index in [1.165, 1.54) is 13.8 Å². The van der Waals surface area contributed by atoms with Gasteiger partial charge in [-0.15, -0.1) is 0 Å². The highest BCUT2D eigenvalue weighted by atomic mass is 16.2. The molecule has 5 amide bonds. The number of benzene rings is 1. The van der Waals surface area contributed by atoms with Gasteiger partial charge in [0.05, 0.1) is 0 Å². The van der Waals surface area contributed by atoms with Crippen molar-refractivity contribution in [3.63, 3.8) is 0 Å². The lowest BCUT2D eigenvalue weighted by atomic mass is 10.1.